The smallest absolute Gasteiger partial charge is 0.408 e. The van der Waals surface area contributed by atoms with E-state index in [0.717, 1.165) is 11.1 Å². The van der Waals surface area contributed by atoms with Crippen molar-refractivity contribution in [1.82, 2.24) is 15.5 Å². The molecule has 3 aliphatic heterocycles. The summed E-state index contributed by atoms with van der Waals surface area (Å²) < 4.78 is 18.5. The van der Waals surface area contributed by atoms with Crippen LogP contribution in [0.2, 0.25) is 0 Å². The lowest BCUT2D eigenvalue weighted by Gasteiger charge is -2.37. The first-order chi connectivity index (χ1) is 19.1. The van der Waals surface area contributed by atoms with Gasteiger partial charge < -0.3 is 29.7 Å². The standard InChI is InChI=1S/C31H31N3O6/c1-30(2,3)40-29(37)33-25(28(36)34-17-16-22-26(34)27(35)32-22)19-14-15-23-24(18-19)39-31(38-23,20-10-6-4-7-11-20)21-12-8-5-9-13-21/h4-15,18,22,25-26H,16-17H2,1-3H3,(H,32,35)(H,33,37)/t22-,25+,26+/m1/s1. The molecule has 3 aromatic carbocycles. The summed E-state index contributed by atoms with van der Waals surface area (Å²) in [6.07, 6.45) is -0.0701. The fraction of sp³-hybridized carbons (Fsp3) is 0.323. The first kappa shape index (κ1) is 25.7. The van der Waals surface area contributed by atoms with Gasteiger partial charge in [0.05, 0.1) is 6.04 Å². The molecule has 0 saturated carbocycles. The average molecular weight is 542 g/mol. The number of ether oxygens (including phenoxy) is 3. The van der Waals surface area contributed by atoms with Gasteiger partial charge in [0.15, 0.2) is 11.5 Å². The van der Waals surface area contributed by atoms with Gasteiger partial charge in [0.2, 0.25) is 5.91 Å². The van der Waals surface area contributed by atoms with Gasteiger partial charge in [-0.3, -0.25) is 9.59 Å². The number of β-lactam (4-membered cyclic amide) rings is 1. The van der Waals surface area contributed by atoms with Crippen molar-refractivity contribution >= 4 is 17.9 Å². The second-order valence-corrected chi connectivity index (χ2v) is 11.2. The zero-order valence-electron chi connectivity index (χ0n) is 22.5. The number of benzene rings is 3. The summed E-state index contributed by atoms with van der Waals surface area (Å²) in [6, 6.07) is 22.7. The minimum Gasteiger partial charge on any atom is -0.444 e. The van der Waals surface area contributed by atoms with E-state index < -0.39 is 29.6 Å². The van der Waals surface area contributed by atoms with Crippen LogP contribution in [0.25, 0.3) is 0 Å². The van der Waals surface area contributed by atoms with Crippen molar-refractivity contribution in [3.8, 4) is 11.5 Å². The summed E-state index contributed by atoms with van der Waals surface area (Å²) >= 11 is 0. The fourth-order valence-electron chi connectivity index (χ4n) is 5.48. The Morgan fingerprint density at radius 1 is 0.975 bits per heavy atom. The van der Waals surface area contributed by atoms with Crippen LogP contribution in [0.5, 0.6) is 11.5 Å². The summed E-state index contributed by atoms with van der Waals surface area (Å²) in [5.74, 6) is -0.875. The molecular weight excluding hydrogens is 510 g/mol. The van der Waals surface area contributed by atoms with Crippen molar-refractivity contribution in [2.24, 2.45) is 0 Å². The second-order valence-electron chi connectivity index (χ2n) is 11.2. The summed E-state index contributed by atoms with van der Waals surface area (Å²) in [5.41, 5.74) is 1.33. The van der Waals surface area contributed by atoms with E-state index in [1.807, 2.05) is 60.7 Å². The second kappa shape index (κ2) is 9.59. The van der Waals surface area contributed by atoms with Crippen LogP contribution in [0.1, 0.15) is 49.9 Å². The molecule has 9 heteroatoms. The lowest BCUT2D eigenvalue weighted by atomic mass is 9.97. The van der Waals surface area contributed by atoms with Gasteiger partial charge in [-0.1, -0.05) is 66.7 Å². The highest BCUT2D eigenvalue weighted by Gasteiger charge is 2.51. The topological polar surface area (TPSA) is 106 Å². The first-order valence-corrected chi connectivity index (χ1v) is 13.4. The number of hydrogen-bond donors (Lipinski definition) is 2. The van der Waals surface area contributed by atoms with E-state index in [1.54, 1.807) is 39.0 Å². The van der Waals surface area contributed by atoms with E-state index in [2.05, 4.69) is 10.6 Å². The van der Waals surface area contributed by atoms with Crippen LogP contribution in [-0.2, 0) is 20.1 Å². The van der Waals surface area contributed by atoms with Gasteiger partial charge in [-0.25, -0.2) is 4.79 Å². The third-order valence-corrected chi connectivity index (χ3v) is 7.30. The van der Waals surface area contributed by atoms with Crippen molar-refractivity contribution in [3.05, 3.63) is 95.6 Å². The molecule has 3 amide bonds. The average Bonchev–Trinajstić information content (AvgIpc) is 3.49. The number of carbonyl (C=O) groups is 3. The molecule has 0 unspecified atom stereocenters. The molecule has 3 atom stereocenters. The molecule has 40 heavy (non-hydrogen) atoms. The number of nitrogens with zero attached hydrogens (tertiary/aromatic N) is 1. The maximum absolute atomic E-state index is 13.9. The highest BCUT2D eigenvalue weighted by atomic mass is 16.7. The molecule has 2 saturated heterocycles. The maximum atomic E-state index is 13.9. The quantitative estimate of drug-likeness (QED) is 0.473. The summed E-state index contributed by atoms with van der Waals surface area (Å²) in [5, 5.41) is 5.57. The minimum absolute atomic E-state index is 0.0623. The van der Waals surface area contributed by atoms with Crippen molar-refractivity contribution in [2.75, 3.05) is 6.54 Å². The Bertz CT molecular complexity index is 1410. The van der Waals surface area contributed by atoms with Gasteiger partial charge in [-0.05, 0) is 44.9 Å². The van der Waals surface area contributed by atoms with Gasteiger partial charge in [-0.15, -0.1) is 0 Å². The van der Waals surface area contributed by atoms with Gasteiger partial charge in [0, 0.05) is 17.7 Å². The molecule has 0 radical (unpaired) electrons. The van der Waals surface area contributed by atoms with E-state index in [4.69, 9.17) is 14.2 Å². The zero-order valence-corrected chi connectivity index (χ0v) is 22.5. The summed E-state index contributed by atoms with van der Waals surface area (Å²) in [6.45, 7) is 5.66. The van der Waals surface area contributed by atoms with Crippen LogP contribution in [0, 0.1) is 0 Å². The molecule has 3 aliphatic rings. The van der Waals surface area contributed by atoms with Crippen LogP contribution >= 0.6 is 0 Å². The van der Waals surface area contributed by atoms with Crippen LogP contribution in [0.15, 0.2) is 78.9 Å². The summed E-state index contributed by atoms with van der Waals surface area (Å²) in [7, 11) is 0. The predicted molar refractivity (Wildman–Crippen MR) is 146 cm³/mol. The van der Waals surface area contributed by atoms with Crippen LogP contribution in [-0.4, -0.2) is 47.0 Å². The van der Waals surface area contributed by atoms with Gasteiger partial charge in [0.1, 0.15) is 17.7 Å². The molecule has 206 valence electrons. The van der Waals surface area contributed by atoms with E-state index >= 15 is 0 Å². The van der Waals surface area contributed by atoms with Crippen molar-refractivity contribution in [2.45, 2.75) is 56.7 Å². The lowest BCUT2D eigenvalue weighted by Crippen LogP contribution is -2.65. The maximum Gasteiger partial charge on any atom is 0.408 e. The molecule has 0 aromatic heterocycles. The Kier molecular flexibility index (Phi) is 6.17. The van der Waals surface area contributed by atoms with E-state index in [1.165, 1.54) is 4.90 Å². The van der Waals surface area contributed by atoms with E-state index in [9.17, 15) is 14.4 Å². The molecule has 6 rings (SSSR count). The molecule has 3 heterocycles. The Hall–Kier alpha value is -4.53. The lowest BCUT2D eigenvalue weighted by molar-refractivity contribution is -0.145. The Morgan fingerprint density at radius 3 is 2.20 bits per heavy atom. The third-order valence-electron chi connectivity index (χ3n) is 7.30. The Balaban J connectivity index is 1.35. The van der Waals surface area contributed by atoms with Gasteiger partial charge in [0.25, 0.3) is 5.91 Å². The number of alkyl carbamates (subject to hydrolysis) is 1. The van der Waals surface area contributed by atoms with Crippen molar-refractivity contribution in [3.63, 3.8) is 0 Å². The van der Waals surface area contributed by atoms with Gasteiger partial charge >= 0.3 is 11.9 Å². The fourth-order valence-corrected chi connectivity index (χ4v) is 5.48. The Labute approximate surface area is 232 Å². The molecule has 9 nitrogen and oxygen atoms in total. The number of amides is 3. The monoisotopic (exact) mass is 541 g/mol. The number of rotatable bonds is 5. The number of nitrogens with one attached hydrogen (secondary N) is 2. The molecule has 3 aromatic rings. The molecule has 2 N–H and O–H groups in total. The molecule has 0 spiro atoms. The molecule has 0 bridgehead atoms. The number of likely N-dealkylation sites (tertiary alicyclic amines) is 1. The highest BCUT2D eigenvalue weighted by Crippen LogP contribution is 2.48. The molecule has 2 fully saturated rings. The van der Waals surface area contributed by atoms with E-state index in [0.29, 0.717) is 30.0 Å². The zero-order chi connectivity index (χ0) is 28.1. The number of fused-ring (bicyclic) bond motifs is 2. The predicted octanol–water partition coefficient (Wildman–Crippen LogP) is 4.02. The molecular formula is C31H31N3O6. The third kappa shape index (κ3) is 4.51. The Morgan fingerprint density at radius 2 is 1.60 bits per heavy atom. The summed E-state index contributed by atoms with van der Waals surface area (Å²) in [4.78, 5) is 40.5. The van der Waals surface area contributed by atoms with E-state index in [-0.39, 0.29) is 17.9 Å². The highest BCUT2D eigenvalue weighted by molar-refractivity contribution is 5.96. The minimum atomic E-state index is -1.23. The van der Waals surface area contributed by atoms with Crippen LogP contribution in [0.4, 0.5) is 4.79 Å². The number of carbonyl (C=O) groups excluding carboxylic acids is 3. The normalized spacial score (nSPS) is 21.1. The van der Waals surface area contributed by atoms with Crippen molar-refractivity contribution in [1.29, 1.82) is 0 Å². The SMILES string of the molecule is CC(C)(C)OC(=O)N[C@H](C(=O)N1CC[C@H]2NC(=O)[C@H]21)c1ccc2c(c1)OC(c1ccccc1)(c1ccccc1)O2. The van der Waals surface area contributed by atoms with Gasteiger partial charge in [-0.2, -0.15) is 0 Å². The van der Waals surface area contributed by atoms with Crippen molar-refractivity contribution < 1.29 is 28.6 Å². The molecule has 0 aliphatic carbocycles. The number of hydrogen-bond acceptors (Lipinski definition) is 6. The van der Waals surface area contributed by atoms with Crippen LogP contribution < -0.4 is 20.1 Å². The first-order valence-electron chi connectivity index (χ1n) is 13.4. The van der Waals surface area contributed by atoms with Crippen LogP contribution in [0.3, 0.4) is 0 Å². The largest absolute Gasteiger partial charge is 0.444 e.